The van der Waals surface area contributed by atoms with Crippen LogP contribution in [0.1, 0.15) is 5.56 Å². The van der Waals surface area contributed by atoms with E-state index in [1.54, 1.807) is 24.3 Å². The molecular weight excluding hydrogens is 252 g/mol. The van der Waals surface area contributed by atoms with Crippen molar-refractivity contribution < 1.29 is 9.53 Å². The van der Waals surface area contributed by atoms with Crippen LogP contribution < -0.4 is 10.1 Å². The van der Waals surface area contributed by atoms with E-state index in [1.807, 2.05) is 6.07 Å². The zero-order valence-corrected chi connectivity index (χ0v) is 9.98. The number of para-hydroxylation sites is 1. The summed E-state index contributed by atoms with van der Waals surface area (Å²) in [7, 11) is 0. The Hall–Kier alpha value is -2.46. The number of amides is 1. The molecule has 0 aliphatic carbocycles. The molecule has 90 valence electrons. The number of hydrogen-bond donors (Lipinski definition) is 1. The summed E-state index contributed by atoms with van der Waals surface area (Å²) in [6, 6.07) is 8.71. The maximum Gasteiger partial charge on any atom is 0.264 e. The zero-order chi connectivity index (χ0) is 12.8. The van der Waals surface area contributed by atoms with Gasteiger partial charge in [0.1, 0.15) is 17.3 Å². The molecule has 0 fully saturated rings. The second kappa shape index (κ2) is 5.75. The summed E-state index contributed by atoms with van der Waals surface area (Å²) in [4.78, 5) is 11.5. The Balaban J connectivity index is 1.92. The molecule has 1 N–H and O–H groups in total. The Kier molecular flexibility index (Phi) is 3.83. The van der Waals surface area contributed by atoms with E-state index in [0.29, 0.717) is 16.4 Å². The van der Waals surface area contributed by atoms with Crippen molar-refractivity contribution in [3.63, 3.8) is 0 Å². The number of carbonyl (C=O) groups excluding carboxylic acids is 1. The lowest BCUT2D eigenvalue weighted by atomic mass is 10.2. The summed E-state index contributed by atoms with van der Waals surface area (Å²) in [5, 5.41) is 19.1. The molecule has 18 heavy (non-hydrogen) atoms. The van der Waals surface area contributed by atoms with E-state index in [0.717, 1.165) is 0 Å². The molecule has 1 aromatic heterocycles. The van der Waals surface area contributed by atoms with Crippen molar-refractivity contribution in [1.29, 1.82) is 5.26 Å². The largest absolute Gasteiger partial charge is 0.482 e. The molecule has 0 atom stereocenters. The highest BCUT2D eigenvalue weighted by Gasteiger charge is 2.07. The van der Waals surface area contributed by atoms with Crippen molar-refractivity contribution in [1.82, 2.24) is 10.2 Å². The summed E-state index contributed by atoms with van der Waals surface area (Å²) >= 11 is 1.22. The zero-order valence-electron chi connectivity index (χ0n) is 9.16. The van der Waals surface area contributed by atoms with Crippen molar-refractivity contribution >= 4 is 22.4 Å². The number of aromatic nitrogens is 2. The van der Waals surface area contributed by atoms with Crippen molar-refractivity contribution in [2.75, 3.05) is 11.9 Å². The molecule has 1 amide bonds. The van der Waals surface area contributed by atoms with Gasteiger partial charge < -0.3 is 4.74 Å². The molecule has 0 spiro atoms. The molecule has 7 heteroatoms. The first-order valence-electron chi connectivity index (χ1n) is 4.97. The Morgan fingerprint density at radius 1 is 1.50 bits per heavy atom. The summed E-state index contributed by atoms with van der Waals surface area (Å²) in [6.07, 6.45) is 0. The van der Waals surface area contributed by atoms with Gasteiger partial charge in [-0.05, 0) is 12.1 Å². The Bertz CT molecular complexity index is 577. The molecule has 0 saturated heterocycles. The Morgan fingerprint density at radius 2 is 2.33 bits per heavy atom. The van der Waals surface area contributed by atoms with Crippen molar-refractivity contribution in [2.24, 2.45) is 0 Å². The van der Waals surface area contributed by atoms with Gasteiger partial charge in [0.05, 0.1) is 5.56 Å². The third-order valence-electron chi connectivity index (χ3n) is 1.97. The Morgan fingerprint density at radius 3 is 3.06 bits per heavy atom. The van der Waals surface area contributed by atoms with Crippen LogP contribution in [0.5, 0.6) is 5.75 Å². The monoisotopic (exact) mass is 260 g/mol. The lowest BCUT2D eigenvalue weighted by Crippen LogP contribution is -2.20. The van der Waals surface area contributed by atoms with Gasteiger partial charge in [-0.1, -0.05) is 23.5 Å². The lowest BCUT2D eigenvalue weighted by molar-refractivity contribution is -0.118. The molecule has 1 aromatic carbocycles. The summed E-state index contributed by atoms with van der Waals surface area (Å²) in [5.74, 6) is 0.0342. The predicted molar refractivity (Wildman–Crippen MR) is 65.2 cm³/mol. The van der Waals surface area contributed by atoms with Crippen LogP contribution in [-0.2, 0) is 4.79 Å². The normalized spacial score (nSPS) is 9.50. The van der Waals surface area contributed by atoms with E-state index >= 15 is 0 Å². The van der Waals surface area contributed by atoms with Gasteiger partial charge in [-0.2, -0.15) is 5.26 Å². The SMILES string of the molecule is N#Cc1ccccc1OCC(=O)Nc1nncs1. The molecule has 0 saturated carbocycles. The fourth-order valence-corrected chi connectivity index (χ4v) is 1.67. The van der Waals surface area contributed by atoms with Gasteiger partial charge in [-0.15, -0.1) is 10.2 Å². The quantitative estimate of drug-likeness (QED) is 0.898. The second-order valence-electron chi connectivity index (χ2n) is 3.19. The van der Waals surface area contributed by atoms with Crippen LogP contribution in [0.25, 0.3) is 0 Å². The molecule has 0 radical (unpaired) electrons. The van der Waals surface area contributed by atoms with Crippen LogP contribution in [0.4, 0.5) is 5.13 Å². The Labute approximate surface area is 107 Å². The van der Waals surface area contributed by atoms with E-state index in [-0.39, 0.29) is 12.5 Å². The van der Waals surface area contributed by atoms with Crippen LogP contribution in [0.15, 0.2) is 29.8 Å². The molecule has 0 unspecified atom stereocenters. The van der Waals surface area contributed by atoms with Crippen LogP contribution in [0, 0.1) is 11.3 Å². The van der Waals surface area contributed by atoms with E-state index in [1.165, 1.54) is 16.8 Å². The number of nitrogens with one attached hydrogen (secondary N) is 1. The number of nitriles is 1. The third-order valence-corrected chi connectivity index (χ3v) is 2.58. The smallest absolute Gasteiger partial charge is 0.264 e. The first kappa shape index (κ1) is 12.0. The predicted octanol–water partition coefficient (Wildman–Crippen LogP) is 1.43. The average Bonchev–Trinajstić information content (AvgIpc) is 2.89. The molecule has 0 aliphatic heterocycles. The summed E-state index contributed by atoms with van der Waals surface area (Å²) in [5.41, 5.74) is 1.91. The maximum atomic E-state index is 11.5. The van der Waals surface area contributed by atoms with E-state index in [9.17, 15) is 4.79 Å². The minimum Gasteiger partial charge on any atom is -0.482 e. The first-order chi connectivity index (χ1) is 8.79. The summed E-state index contributed by atoms with van der Waals surface area (Å²) < 4.78 is 5.26. The van der Waals surface area contributed by atoms with E-state index < -0.39 is 0 Å². The van der Waals surface area contributed by atoms with Gasteiger partial charge in [-0.3, -0.25) is 10.1 Å². The molecule has 1 heterocycles. The van der Waals surface area contributed by atoms with Gasteiger partial charge >= 0.3 is 0 Å². The number of hydrogen-bond acceptors (Lipinski definition) is 6. The van der Waals surface area contributed by atoms with E-state index in [4.69, 9.17) is 10.00 Å². The first-order valence-corrected chi connectivity index (χ1v) is 5.85. The van der Waals surface area contributed by atoms with Gasteiger partial charge in [-0.25, -0.2) is 0 Å². The molecular formula is C11H8N4O2S. The van der Waals surface area contributed by atoms with E-state index in [2.05, 4.69) is 15.5 Å². The topological polar surface area (TPSA) is 87.9 Å². The van der Waals surface area contributed by atoms with Crippen LogP contribution >= 0.6 is 11.3 Å². The maximum absolute atomic E-state index is 11.5. The van der Waals surface area contributed by atoms with Crippen molar-refractivity contribution in [2.45, 2.75) is 0 Å². The fraction of sp³-hybridized carbons (Fsp3) is 0.0909. The third kappa shape index (κ3) is 3.02. The van der Waals surface area contributed by atoms with Gasteiger partial charge in [0.25, 0.3) is 5.91 Å². The number of rotatable bonds is 4. The number of carbonyl (C=O) groups is 1. The number of anilines is 1. The van der Waals surface area contributed by atoms with Gasteiger partial charge in [0, 0.05) is 0 Å². The number of nitrogens with zero attached hydrogens (tertiary/aromatic N) is 3. The average molecular weight is 260 g/mol. The fourth-order valence-electron chi connectivity index (χ4n) is 1.21. The minimum absolute atomic E-state index is 0.182. The van der Waals surface area contributed by atoms with Crippen LogP contribution in [-0.4, -0.2) is 22.7 Å². The number of ether oxygens (including phenoxy) is 1. The second-order valence-corrected chi connectivity index (χ2v) is 4.02. The molecule has 0 aliphatic rings. The standard InChI is InChI=1S/C11H8N4O2S/c12-5-8-3-1-2-4-9(8)17-6-10(16)14-11-15-13-7-18-11/h1-4,7H,6H2,(H,14,15,16). The summed E-state index contributed by atoms with van der Waals surface area (Å²) in [6.45, 7) is -0.182. The highest BCUT2D eigenvalue weighted by molar-refractivity contribution is 7.13. The van der Waals surface area contributed by atoms with Gasteiger partial charge in [0.2, 0.25) is 5.13 Å². The van der Waals surface area contributed by atoms with Crippen LogP contribution in [0.2, 0.25) is 0 Å². The lowest BCUT2D eigenvalue weighted by Gasteiger charge is -2.06. The van der Waals surface area contributed by atoms with Crippen molar-refractivity contribution in [3.05, 3.63) is 35.3 Å². The minimum atomic E-state index is -0.348. The highest BCUT2D eigenvalue weighted by atomic mass is 32.1. The van der Waals surface area contributed by atoms with Gasteiger partial charge in [0.15, 0.2) is 6.61 Å². The number of benzene rings is 1. The van der Waals surface area contributed by atoms with Crippen molar-refractivity contribution in [3.8, 4) is 11.8 Å². The highest BCUT2D eigenvalue weighted by Crippen LogP contribution is 2.16. The molecule has 2 rings (SSSR count). The molecule has 0 bridgehead atoms. The molecule has 6 nitrogen and oxygen atoms in total. The van der Waals surface area contributed by atoms with Crippen LogP contribution in [0.3, 0.4) is 0 Å². The molecule has 2 aromatic rings.